The van der Waals surface area contributed by atoms with E-state index in [1.807, 2.05) is 0 Å². The minimum Gasteiger partial charge on any atom is -0.464 e. The zero-order chi connectivity index (χ0) is 18.0. The molecule has 1 unspecified atom stereocenters. The fourth-order valence-electron chi connectivity index (χ4n) is 2.93. The molecule has 0 radical (unpaired) electrons. The maximum atomic E-state index is 12.9. The number of carbonyl (C=O) groups excluding carboxylic acids is 2. The van der Waals surface area contributed by atoms with Gasteiger partial charge in [0.1, 0.15) is 5.54 Å². The highest BCUT2D eigenvalue weighted by Crippen LogP contribution is 2.33. The van der Waals surface area contributed by atoms with Gasteiger partial charge in [0.25, 0.3) is 5.91 Å². The molecule has 1 heterocycles. The molecule has 2 rings (SSSR count). The summed E-state index contributed by atoms with van der Waals surface area (Å²) >= 11 is 0. The molecule has 4 nitrogen and oxygen atoms in total. The molecular formula is C17H20F3NO3. The molecule has 0 spiro atoms. The molecule has 0 saturated carbocycles. The number of nitrogens with zero attached hydrogens (tertiary/aromatic N) is 1. The van der Waals surface area contributed by atoms with E-state index in [4.69, 9.17) is 4.74 Å². The minimum absolute atomic E-state index is 0.0813. The summed E-state index contributed by atoms with van der Waals surface area (Å²) in [7, 11) is 0. The smallest absolute Gasteiger partial charge is 0.416 e. The molecule has 0 N–H and O–H groups in total. The molecule has 1 aromatic rings. The molecule has 1 aliphatic heterocycles. The van der Waals surface area contributed by atoms with Gasteiger partial charge in [-0.25, -0.2) is 4.79 Å². The molecule has 1 saturated heterocycles. The Morgan fingerprint density at radius 2 is 2.00 bits per heavy atom. The zero-order valence-electron chi connectivity index (χ0n) is 13.7. The second kappa shape index (κ2) is 6.83. The minimum atomic E-state index is -4.53. The average molecular weight is 343 g/mol. The lowest BCUT2D eigenvalue weighted by atomic mass is 9.87. The predicted octanol–water partition coefficient (Wildman–Crippen LogP) is 3.65. The Bertz CT molecular complexity index is 630. The standard InChI is InChI=1S/C17H20F3NO3/c1-3-24-15(23)16(2)9-4-5-10-21(16)14(22)12-7-6-8-13(11-12)17(18,19)20/h6-8,11H,3-5,9-10H2,1-2H3. The van der Waals surface area contributed by atoms with Gasteiger partial charge < -0.3 is 9.64 Å². The highest BCUT2D eigenvalue weighted by atomic mass is 19.4. The number of amides is 1. The van der Waals surface area contributed by atoms with Gasteiger partial charge in [-0.05, 0) is 51.3 Å². The topological polar surface area (TPSA) is 46.6 Å². The van der Waals surface area contributed by atoms with Crippen molar-refractivity contribution in [2.45, 2.75) is 44.8 Å². The van der Waals surface area contributed by atoms with Gasteiger partial charge in [0, 0.05) is 12.1 Å². The third-order valence-corrected chi connectivity index (χ3v) is 4.29. The van der Waals surface area contributed by atoms with Crippen LogP contribution in [0.3, 0.4) is 0 Å². The van der Waals surface area contributed by atoms with Gasteiger partial charge >= 0.3 is 12.1 Å². The van der Waals surface area contributed by atoms with Gasteiger partial charge in [-0.15, -0.1) is 0 Å². The Balaban J connectivity index is 2.34. The van der Waals surface area contributed by atoms with Gasteiger partial charge in [0.05, 0.1) is 12.2 Å². The summed E-state index contributed by atoms with van der Waals surface area (Å²) < 4.78 is 43.6. The van der Waals surface area contributed by atoms with E-state index in [1.54, 1.807) is 13.8 Å². The summed E-state index contributed by atoms with van der Waals surface area (Å²) in [5, 5.41) is 0. The van der Waals surface area contributed by atoms with Crippen LogP contribution in [-0.4, -0.2) is 35.5 Å². The first-order valence-corrected chi connectivity index (χ1v) is 7.86. The molecule has 1 atom stereocenters. The SMILES string of the molecule is CCOC(=O)C1(C)CCCCN1C(=O)c1cccc(C(F)(F)F)c1. The van der Waals surface area contributed by atoms with E-state index in [0.717, 1.165) is 18.6 Å². The average Bonchev–Trinajstić information content (AvgIpc) is 2.54. The molecular weight excluding hydrogens is 323 g/mol. The molecule has 0 bridgehead atoms. The normalized spacial score (nSPS) is 21.5. The highest BCUT2D eigenvalue weighted by Gasteiger charge is 2.45. The monoisotopic (exact) mass is 343 g/mol. The molecule has 132 valence electrons. The summed E-state index contributed by atoms with van der Waals surface area (Å²) in [5.74, 6) is -1.11. The molecule has 0 aliphatic carbocycles. The van der Waals surface area contributed by atoms with Crippen LogP contribution in [0.25, 0.3) is 0 Å². The van der Waals surface area contributed by atoms with Crippen molar-refractivity contribution in [3.8, 4) is 0 Å². The van der Waals surface area contributed by atoms with Crippen LogP contribution >= 0.6 is 0 Å². The number of likely N-dealkylation sites (tertiary alicyclic amines) is 1. The fraction of sp³-hybridized carbons (Fsp3) is 0.529. The molecule has 24 heavy (non-hydrogen) atoms. The van der Waals surface area contributed by atoms with E-state index in [9.17, 15) is 22.8 Å². The Hall–Kier alpha value is -2.05. The lowest BCUT2D eigenvalue weighted by Crippen LogP contribution is -2.58. The summed E-state index contributed by atoms with van der Waals surface area (Å²) in [6.45, 7) is 3.77. The Morgan fingerprint density at radius 1 is 1.29 bits per heavy atom. The maximum Gasteiger partial charge on any atom is 0.416 e. The zero-order valence-corrected chi connectivity index (χ0v) is 13.7. The van der Waals surface area contributed by atoms with E-state index in [0.29, 0.717) is 19.4 Å². The van der Waals surface area contributed by atoms with Crippen molar-refractivity contribution < 1.29 is 27.5 Å². The van der Waals surface area contributed by atoms with Crippen molar-refractivity contribution in [3.63, 3.8) is 0 Å². The van der Waals surface area contributed by atoms with E-state index in [-0.39, 0.29) is 12.2 Å². The fourth-order valence-corrected chi connectivity index (χ4v) is 2.93. The number of ether oxygens (including phenoxy) is 1. The summed E-state index contributed by atoms with van der Waals surface area (Å²) in [4.78, 5) is 26.4. The Morgan fingerprint density at radius 3 is 2.62 bits per heavy atom. The molecule has 1 fully saturated rings. The van der Waals surface area contributed by atoms with Crippen molar-refractivity contribution in [1.29, 1.82) is 0 Å². The van der Waals surface area contributed by atoms with Crippen molar-refractivity contribution in [2.24, 2.45) is 0 Å². The largest absolute Gasteiger partial charge is 0.464 e. The van der Waals surface area contributed by atoms with Gasteiger partial charge in [-0.1, -0.05) is 6.07 Å². The number of alkyl halides is 3. The number of benzene rings is 1. The molecule has 1 aliphatic rings. The summed E-state index contributed by atoms with van der Waals surface area (Å²) in [6.07, 6.45) is -2.65. The maximum absolute atomic E-state index is 12.9. The number of halogens is 3. The van der Waals surface area contributed by atoms with E-state index >= 15 is 0 Å². The number of piperidine rings is 1. The summed E-state index contributed by atoms with van der Waals surface area (Å²) in [5.41, 5.74) is -2.12. The number of esters is 1. The van der Waals surface area contributed by atoms with Gasteiger partial charge in [0.15, 0.2) is 0 Å². The van der Waals surface area contributed by atoms with Crippen LogP contribution < -0.4 is 0 Å². The lowest BCUT2D eigenvalue weighted by molar-refractivity contribution is -0.157. The second-order valence-electron chi connectivity index (χ2n) is 5.99. The van der Waals surface area contributed by atoms with Gasteiger partial charge in [-0.3, -0.25) is 4.79 Å². The van der Waals surface area contributed by atoms with Crippen molar-refractivity contribution >= 4 is 11.9 Å². The van der Waals surface area contributed by atoms with Crippen LogP contribution in [0, 0.1) is 0 Å². The first-order valence-electron chi connectivity index (χ1n) is 7.86. The molecule has 0 aromatic heterocycles. The van der Waals surface area contributed by atoms with Crippen LogP contribution in [0.4, 0.5) is 13.2 Å². The van der Waals surface area contributed by atoms with E-state index < -0.39 is 29.2 Å². The lowest BCUT2D eigenvalue weighted by Gasteiger charge is -2.42. The highest BCUT2D eigenvalue weighted by molar-refractivity contribution is 5.98. The molecule has 1 amide bonds. The van der Waals surface area contributed by atoms with Gasteiger partial charge in [-0.2, -0.15) is 13.2 Å². The van der Waals surface area contributed by atoms with E-state index in [2.05, 4.69) is 0 Å². The van der Waals surface area contributed by atoms with Crippen LogP contribution in [-0.2, 0) is 15.7 Å². The van der Waals surface area contributed by atoms with Crippen LogP contribution in [0.5, 0.6) is 0 Å². The molecule has 1 aromatic carbocycles. The first-order chi connectivity index (χ1) is 11.2. The quantitative estimate of drug-likeness (QED) is 0.787. The van der Waals surface area contributed by atoms with Crippen molar-refractivity contribution in [3.05, 3.63) is 35.4 Å². The van der Waals surface area contributed by atoms with Crippen LogP contribution in [0.1, 0.15) is 49.0 Å². The van der Waals surface area contributed by atoms with Crippen molar-refractivity contribution in [2.75, 3.05) is 13.2 Å². The Kier molecular flexibility index (Phi) is 5.20. The number of hydrogen-bond donors (Lipinski definition) is 0. The van der Waals surface area contributed by atoms with Crippen LogP contribution in [0.15, 0.2) is 24.3 Å². The molecule has 7 heteroatoms. The van der Waals surface area contributed by atoms with Crippen LogP contribution in [0.2, 0.25) is 0 Å². The van der Waals surface area contributed by atoms with Gasteiger partial charge in [0.2, 0.25) is 0 Å². The third-order valence-electron chi connectivity index (χ3n) is 4.29. The second-order valence-corrected chi connectivity index (χ2v) is 5.99. The first kappa shape index (κ1) is 18.3. The van der Waals surface area contributed by atoms with E-state index in [1.165, 1.54) is 17.0 Å². The Labute approximate surface area is 138 Å². The number of rotatable bonds is 3. The number of hydrogen-bond acceptors (Lipinski definition) is 3. The third kappa shape index (κ3) is 3.55. The van der Waals surface area contributed by atoms with Crippen molar-refractivity contribution in [1.82, 2.24) is 4.90 Å². The number of carbonyl (C=O) groups is 2. The summed E-state index contributed by atoms with van der Waals surface area (Å²) in [6, 6.07) is 4.26. The predicted molar refractivity (Wildman–Crippen MR) is 81.4 cm³/mol.